The van der Waals surface area contributed by atoms with E-state index in [1.807, 2.05) is 13.8 Å². The molecular formula is C14H18N2O. The van der Waals surface area contributed by atoms with Gasteiger partial charge in [0, 0.05) is 6.54 Å². The van der Waals surface area contributed by atoms with E-state index >= 15 is 0 Å². The Bertz CT molecular complexity index is 483. The lowest BCUT2D eigenvalue weighted by atomic mass is 10.1. The monoisotopic (exact) mass is 230 g/mol. The lowest BCUT2D eigenvalue weighted by Crippen LogP contribution is -2.12. The fourth-order valence-corrected chi connectivity index (χ4v) is 1.75. The number of oxazole rings is 1. The molecule has 0 radical (unpaired) electrons. The minimum atomic E-state index is 0.669. The van der Waals surface area contributed by atoms with Crippen LogP contribution in [-0.2, 0) is 13.1 Å². The van der Waals surface area contributed by atoms with Gasteiger partial charge in [-0.3, -0.25) is 0 Å². The number of aromatic nitrogens is 1. The Morgan fingerprint density at radius 3 is 2.65 bits per heavy atom. The van der Waals surface area contributed by atoms with E-state index in [4.69, 9.17) is 4.42 Å². The second kappa shape index (κ2) is 5.15. The third kappa shape index (κ3) is 3.17. The maximum atomic E-state index is 5.50. The molecule has 0 saturated carbocycles. The van der Waals surface area contributed by atoms with Gasteiger partial charge in [-0.05, 0) is 26.3 Å². The van der Waals surface area contributed by atoms with Crippen molar-refractivity contribution in [2.24, 2.45) is 0 Å². The zero-order chi connectivity index (χ0) is 12.3. The smallest absolute Gasteiger partial charge is 0.208 e. The van der Waals surface area contributed by atoms with E-state index in [1.165, 1.54) is 11.1 Å². The quantitative estimate of drug-likeness (QED) is 0.877. The molecule has 0 bridgehead atoms. The van der Waals surface area contributed by atoms with Gasteiger partial charge < -0.3 is 9.73 Å². The van der Waals surface area contributed by atoms with Gasteiger partial charge in [-0.2, -0.15) is 0 Å². The number of hydrogen-bond acceptors (Lipinski definition) is 3. The van der Waals surface area contributed by atoms with Crippen molar-refractivity contribution >= 4 is 0 Å². The van der Waals surface area contributed by atoms with Gasteiger partial charge in [0.1, 0.15) is 5.76 Å². The highest BCUT2D eigenvalue weighted by Crippen LogP contribution is 2.08. The van der Waals surface area contributed by atoms with Crippen LogP contribution < -0.4 is 5.32 Å². The Morgan fingerprint density at radius 2 is 2.00 bits per heavy atom. The number of nitrogens with zero attached hydrogens (tertiary/aromatic N) is 1. The first-order chi connectivity index (χ1) is 8.15. The lowest BCUT2D eigenvalue weighted by Gasteiger charge is -2.03. The summed E-state index contributed by atoms with van der Waals surface area (Å²) in [6.45, 7) is 7.50. The van der Waals surface area contributed by atoms with Crippen molar-refractivity contribution in [2.75, 3.05) is 0 Å². The largest absolute Gasteiger partial charge is 0.444 e. The van der Waals surface area contributed by atoms with Crippen LogP contribution in [0.1, 0.15) is 28.5 Å². The first-order valence-electron chi connectivity index (χ1n) is 5.84. The highest BCUT2D eigenvalue weighted by Gasteiger charge is 2.04. The molecule has 0 aliphatic rings. The second-order valence-electron chi connectivity index (χ2n) is 4.34. The predicted molar refractivity (Wildman–Crippen MR) is 67.7 cm³/mol. The summed E-state index contributed by atoms with van der Waals surface area (Å²) in [5.74, 6) is 1.66. The van der Waals surface area contributed by atoms with Crippen LogP contribution in [0.25, 0.3) is 0 Å². The minimum Gasteiger partial charge on any atom is -0.444 e. The maximum Gasteiger partial charge on any atom is 0.208 e. The van der Waals surface area contributed by atoms with E-state index in [2.05, 4.69) is 41.5 Å². The van der Waals surface area contributed by atoms with Crippen molar-refractivity contribution in [3.8, 4) is 0 Å². The van der Waals surface area contributed by atoms with Crippen molar-refractivity contribution in [1.82, 2.24) is 10.3 Å². The van der Waals surface area contributed by atoms with Gasteiger partial charge in [0.25, 0.3) is 0 Å². The molecule has 1 N–H and O–H groups in total. The molecule has 0 aliphatic carbocycles. The number of rotatable bonds is 4. The van der Waals surface area contributed by atoms with Crippen LogP contribution in [0.3, 0.4) is 0 Å². The Balaban J connectivity index is 1.87. The summed E-state index contributed by atoms with van der Waals surface area (Å²) in [5.41, 5.74) is 3.54. The molecule has 0 aliphatic heterocycles. The van der Waals surface area contributed by atoms with Gasteiger partial charge in [0.2, 0.25) is 5.89 Å². The zero-order valence-corrected chi connectivity index (χ0v) is 10.6. The molecule has 17 heavy (non-hydrogen) atoms. The van der Waals surface area contributed by atoms with Crippen LogP contribution in [0, 0.1) is 20.8 Å². The summed E-state index contributed by atoms with van der Waals surface area (Å²) in [6, 6.07) is 8.47. The van der Waals surface area contributed by atoms with E-state index in [0.717, 1.165) is 23.9 Å². The third-order valence-corrected chi connectivity index (χ3v) is 2.76. The van der Waals surface area contributed by atoms with Crippen molar-refractivity contribution in [1.29, 1.82) is 0 Å². The normalized spacial score (nSPS) is 10.8. The number of nitrogens with one attached hydrogen (secondary N) is 1. The van der Waals surface area contributed by atoms with E-state index in [0.29, 0.717) is 6.54 Å². The predicted octanol–water partition coefficient (Wildman–Crippen LogP) is 2.89. The summed E-state index contributed by atoms with van der Waals surface area (Å²) >= 11 is 0. The second-order valence-corrected chi connectivity index (χ2v) is 4.34. The van der Waals surface area contributed by atoms with Crippen LogP contribution in [0.2, 0.25) is 0 Å². The van der Waals surface area contributed by atoms with E-state index < -0.39 is 0 Å². The molecule has 2 aromatic rings. The van der Waals surface area contributed by atoms with Crippen molar-refractivity contribution < 1.29 is 4.42 Å². The Labute approximate surface area is 102 Å². The topological polar surface area (TPSA) is 38.1 Å². The molecule has 0 amide bonds. The highest BCUT2D eigenvalue weighted by molar-refractivity contribution is 5.21. The van der Waals surface area contributed by atoms with Gasteiger partial charge in [0.05, 0.1) is 12.2 Å². The molecule has 3 nitrogen and oxygen atoms in total. The molecule has 0 unspecified atom stereocenters. The van der Waals surface area contributed by atoms with Crippen LogP contribution in [0.5, 0.6) is 0 Å². The van der Waals surface area contributed by atoms with Crippen LogP contribution >= 0.6 is 0 Å². The molecule has 2 rings (SSSR count). The number of benzene rings is 1. The van der Waals surface area contributed by atoms with Crippen molar-refractivity contribution in [3.63, 3.8) is 0 Å². The maximum absolute atomic E-state index is 5.50. The molecule has 0 spiro atoms. The molecule has 1 heterocycles. The van der Waals surface area contributed by atoms with Gasteiger partial charge in [-0.25, -0.2) is 4.98 Å². The number of hydrogen-bond donors (Lipinski definition) is 1. The summed E-state index contributed by atoms with van der Waals surface area (Å²) in [6.07, 6.45) is 0. The van der Waals surface area contributed by atoms with E-state index in [9.17, 15) is 0 Å². The SMILES string of the molecule is Cc1cccc(CNCc2nc(C)c(C)o2)c1. The van der Waals surface area contributed by atoms with E-state index in [-0.39, 0.29) is 0 Å². The third-order valence-electron chi connectivity index (χ3n) is 2.76. The van der Waals surface area contributed by atoms with Gasteiger partial charge >= 0.3 is 0 Å². The fourth-order valence-electron chi connectivity index (χ4n) is 1.75. The molecule has 0 atom stereocenters. The van der Waals surface area contributed by atoms with Crippen LogP contribution in [0.15, 0.2) is 28.7 Å². The van der Waals surface area contributed by atoms with Crippen molar-refractivity contribution in [2.45, 2.75) is 33.9 Å². The van der Waals surface area contributed by atoms with Crippen LogP contribution in [-0.4, -0.2) is 4.98 Å². The molecule has 0 saturated heterocycles. The lowest BCUT2D eigenvalue weighted by molar-refractivity contribution is 0.448. The molecule has 1 aromatic heterocycles. The Kier molecular flexibility index (Phi) is 3.59. The van der Waals surface area contributed by atoms with Crippen LogP contribution in [0.4, 0.5) is 0 Å². The molecular weight excluding hydrogens is 212 g/mol. The first-order valence-corrected chi connectivity index (χ1v) is 5.84. The first kappa shape index (κ1) is 11.9. The Hall–Kier alpha value is -1.61. The molecule has 3 heteroatoms. The summed E-state index contributed by atoms with van der Waals surface area (Å²) in [5, 5.41) is 3.33. The van der Waals surface area contributed by atoms with Gasteiger partial charge in [-0.15, -0.1) is 0 Å². The average Bonchev–Trinajstić information content (AvgIpc) is 2.58. The fraction of sp³-hybridized carbons (Fsp3) is 0.357. The summed E-state index contributed by atoms with van der Waals surface area (Å²) in [7, 11) is 0. The Morgan fingerprint density at radius 1 is 1.18 bits per heavy atom. The standard InChI is InChI=1S/C14H18N2O/c1-10-5-4-6-13(7-10)8-15-9-14-16-11(2)12(3)17-14/h4-7,15H,8-9H2,1-3H3. The molecule has 90 valence electrons. The molecule has 0 fully saturated rings. The highest BCUT2D eigenvalue weighted by atomic mass is 16.4. The average molecular weight is 230 g/mol. The minimum absolute atomic E-state index is 0.669. The van der Waals surface area contributed by atoms with Gasteiger partial charge in [-0.1, -0.05) is 29.8 Å². The van der Waals surface area contributed by atoms with Gasteiger partial charge in [0.15, 0.2) is 0 Å². The summed E-state index contributed by atoms with van der Waals surface area (Å²) < 4.78 is 5.50. The zero-order valence-electron chi connectivity index (χ0n) is 10.6. The van der Waals surface area contributed by atoms with E-state index in [1.54, 1.807) is 0 Å². The molecule has 1 aromatic carbocycles. The summed E-state index contributed by atoms with van der Waals surface area (Å²) in [4.78, 5) is 4.33. The van der Waals surface area contributed by atoms with Crippen molar-refractivity contribution in [3.05, 3.63) is 52.7 Å². The number of aryl methyl sites for hydroxylation is 3.